The number of ether oxygens (including phenoxy) is 2. The van der Waals surface area contributed by atoms with Gasteiger partial charge in [0.25, 0.3) is 11.5 Å². The lowest BCUT2D eigenvalue weighted by Crippen LogP contribution is -2.42. The maximum Gasteiger partial charge on any atom is 0.416 e. The number of nitrogens with one attached hydrogen (secondary N) is 1. The van der Waals surface area contributed by atoms with Crippen molar-refractivity contribution in [3.05, 3.63) is 63.1 Å². The van der Waals surface area contributed by atoms with Crippen LogP contribution in [0.1, 0.15) is 79.5 Å². The van der Waals surface area contributed by atoms with E-state index in [4.69, 9.17) is 9.47 Å². The van der Waals surface area contributed by atoms with Crippen LogP contribution < -0.4 is 10.9 Å². The van der Waals surface area contributed by atoms with Gasteiger partial charge in [-0.25, -0.2) is 4.79 Å². The number of alkyl halides is 3. The van der Waals surface area contributed by atoms with E-state index in [9.17, 15) is 27.6 Å². The topological polar surface area (TPSA) is 89.9 Å². The first-order valence-electron chi connectivity index (χ1n) is 14.2. The van der Waals surface area contributed by atoms with Gasteiger partial charge in [0.2, 0.25) is 0 Å². The Bertz CT molecular complexity index is 1340. The first-order valence-corrected chi connectivity index (χ1v) is 15.0. The Morgan fingerprint density at radius 3 is 2.38 bits per heavy atom. The van der Waals surface area contributed by atoms with Crippen LogP contribution in [0.3, 0.4) is 0 Å². The van der Waals surface area contributed by atoms with E-state index < -0.39 is 23.2 Å². The molecule has 2 aliphatic heterocycles. The van der Waals surface area contributed by atoms with Gasteiger partial charge in [-0.1, -0.05) is 12.1 Å². The Labute approximate surface area is 247 Å². The van der Waals surface area contributed by atoms with Gasteiger partial charge in [0.15, 0.2) is 0 Å². The molecule has 0 radical (unpaired) electrons. The van der Waals surface area contributed by atoms with Gasteiger partial charge in [-0.2, -0.15) is 13.2 Å². The van der Waals surface area contributed by atoms with Crippen LogP contribution in [0.2, 0.25) is 0 Å². The van der Waals surface area contributed by atoms with E-state index in [0.717, 1.165) is 6.07 Å². The number of likely N-dealkylation sites (tertiary alicyclic amines) is 1. The number of rotatable bonds is 6. The van der Waals surface area contributed by atoms with Crippen molar-refractivity contribution in [2.24, 2.45) is 0 Å². The quantitative estimate of drug-likeness (QED) is 0.436. The summed E-state index contributed by atoms with van der Waals surface area (Å²) < 4.78 is 52.7. The zero-order valence-electron chi connectivity index (χ0n) is 24.4. The summed E-state index contributed by atoms with van der Waals surface area (Å²) in [6, 6.07) is 5.27. The molecule has 0 saturated carbocycles. The van der Waals surface area contributed by atoms with Crippen molar-refractivity contribution in [2.75, 3.05) is 26.3 Å². The maximum absolute atomic E-state index is 13.5. The highest BCUT2D eigenvalue weighted by Crippen LogP contribution is 2.34. The van der Waals surface area contributed by atoms with E-state index >= 15 is 0 Å². The third kappa shape index (κ3) is 8.09. The fraction of sp³-hybridized carbons (Fsp3) is 0.567. The second-order valence-electron chi connectivity index (χ2n) is 11.7. The Morgan fingerprint density at radius 1 is 1.10 bits per heavy atom. The molecule has 0 atom stereocenters. The lowest BCUT2D eigenvalue weighted by Gasteiger charge is -2.33. The normalized spacial score (nSPS) is 17.3. The van der Waals surface area contributed by atoms with Crippen molar-refractivity contribution >= 4 is 23.8 Å². The predicted molar refractivity (Wildman–Crippen MR) is 154 cm³/mol. The molecule has 0 spiro atoms. The second kappa shape index (κ2) is 13.1. The molecule has 2 fully saturated rings. The summed E-state index contributed by atoms with van der Waals surface area (Å²) in [5.74, 6) is -0.471. The highest BCUT2D eigenvalue weighted by atomic mass is 32.2. The molecule has 0 unspecified atom stereocenters. The van der Waals surface area contributed by atoms with Crippen LogP contribution in [0.15, 0.2) is 40.2 Å². The molecule has 1 aromatic carbocycles. The molecular weight excluding hydrogens is 571 g/mol. The van der Waals surface area contributed by atoms with Crippen LogP contribution in [0.4, 0.5) is 18.0 Å². The smallest absolute Gasteiger partial charge is 0.416 e. The van der Waals surface area contributed by atoms with Crippen LogP contribution in [-0.4, -0.2) is 58.6 Å². The summed E-state index contributed by atoms with van der Waals surface area (Å²) in [4.78, 5) is 41.4. The monoisotopic (exact) mass is 609 g/mol. The third-order valence-electron chi connectivity index (χ3n) is 7.45. The first kappa shape index (κ1) is 31.9. The highest BCUT2D eigenvalue weighted by Gasteiger charge is 2.33. The number of carbonyl (C=O) groups is 2. The minimum Gasteiger partial charge on any atom is -0.444 e. The predicted octanol–water partition coefficient (Wildman–Crippen LogP) is 5.95. The molecular formula is C30H38F3N3O5S. The molecule has 230 valence electrons. The van der Waals surface area contributed by atoms with E-state index in [1.807, 2.05) is 20.8 Å². The van der Waals surface area contributed by atoms with Crippen molar-refractivity contribution in [3.63, 3.8) is 0 Å². The molecule has 1 aromatic heterocycles. The van der Waals surface area contributed by atoms with Crippen LogP contribution in [0, 0.1) is 6.92 Å². The number of hydrogen-bond donors (Lipinski definition) is 1. The molecule has 2 aromatic rings. The van der Waals surface area contributed by atoms with Crippen molar-refractivity contribution in [1.29, 1.82) is 0 Å². The van der Waals surface area contributed by atoms with Gasteiger partial charge in [0.05, 0.1) is 11.1 Å². The standard InChI is InChI=1S/C30H38F3N3O5S/c1-19-20(6-5-7-24(19)30(31,32)33)17-34-27(38)23-18-36(21-10-14-40-15-11-21)26(37)16-25(23)42-22-8-12-35(13-9-22)28(39)41-29(2,3)4/h5-7,16,18,21-22H,8-15,17H2,1-4H3,(H,34,38). The fourth-order valence-electron chi connectivity index (χ4n) is 5.16. The molecule has 0 aliphatic carbocycles. The van der Waals surface area contributed by atoms with Gasteiger partial charge in [0, 0.05) is 61.3 Å². The van der Waals surface area contributed by atoms with E-state index in [-0.39, 0.29) is 35.1 Å². The van der Waals surface area contributed by atoms with Gasteiger partial charge < -0.3 is 24.3 Å². The number of hydrogen-bond acceptors (Lipinski definition) is 6. The average Bonchev–Trinajstić information content (AvgIpc) is 2.91. The molecule has 8 nitrogen and oxygen atoms in total. The number of pyridine rings is 1. The van der Waals surface area contributed by atoms with Crippen LogP contribution in [-0.2, 0) is 22.2 Å². The molecule has 4 rings (SSSR count). The molecule has 2 amide bonds. The lowest BCUT2D eigenvalue weighted by atomic mass is 10.0. The van der Waals surface area contributed by atoms with Crippen LogP contribution in [0.25, 0.3) is 0 Å². The lowest BCUT2D eigenvalue weighted by molar-refractivity contribution is -0.138. The van der Waals surface area contributed by atoms with Crippen LogP contribution >= 0.6 is 11.8 Å². The number of piperidine rings is 1. The van der Waals surface area contributed by atoms with E-state index in [0.29, 0.717) is 68.0 Å². The molecule has 3 heterocycles. The number of benzene rings is 1. The molecule has 42 heavy (non-hydrogen) atoms. The number of thioether (sulfide) groups is 1. The first-order chi connectivity index (χ1) is 19.7. The Morgan fingerprint density at radius 2 is 1.76 bits per heavy atom. The van der Waals surface area contributed by atoms with Crippen LogP contribution in [0.5, 0.6) is 0 Å². The summed E-state index contributed by atoms with van der Waals surface area (Å²) in [7, 11) is 0. The average molecular weight is 610 g/mol. The van der Waals surface area contributed by atoms with E-state index in [1.165, 1.54) is 30.8 Å². The Kier molecular flexibility index (Phi) is 9.97. The minimum absolute atomic E-state index is 0.0549. The minimum atomic E-state index is -4.49. The number of carbonyl (C=O) groups excluding carboxylic acids is 2. The highest BCUT2D eigenvalue weighted by molar-refractivity contribution is 8.00. The van der Waals surface area contributed by atoms with E-state index in [2.05, 4.69) is 5.32 Å². The maximum atomic E-state index is 13.5. The second-order valence-corrected chi connectivity index (χ2v) is 13.0. The SMILES string of the molecule is Cc1c(CNC(=O)c2cn(C3CCOCC3)c(=O)cc2SC2CCN(C(=O)OC(C)(C)C)CC2)cccc1C(F)(F)F. The van der Waals surface area contributed by atoms with Crippen molar-refractivity contribution in [3.8, 4) is 0 Å². The van der Waals surface area contributed by atoms with Gasteiger partial charge in [-0.3, -0.25) is 9.59 Å². The molecule has 12 heteroatoms. The van der Waals surface area contributed by atoms with E-state index in [1.54, 1.807) is 21.7 Å². The summed E-state index contributed by atoms with van der Waals surface area (Å²) in [6.45, 7) is 8.75. The zero-order valence-corrected chi connectivity index (χ0v) is 25.2. The van der Waals surface area contributed by atoms with Crippen molar-refractivity contribution in [1.82, 2.24) is 14.8 Å². The molecule has 2 aliphatic rings. The zero-order chi connectivity index (χ0) is 30.7. The van der Waals surface area contributed by atoms with Gasteiger partial charge in [-0.05, 0) is 70.6 Å². The summed E-state index contributed by atoms with van der Waals surface area (Å²) in [6.07, 6.45) is -0.707. The summed E-state index contributed by atoms with van der Waals surface area (Å²) in [5, 5.41) is 2.83. The number of amides is 2. The number of nitrogens with zero attached hydrogens (tertiary/aromatic N) is 2. The molecule has 1 N–H and O–H groups in total. The van der Waals surface area contributed by atoms with Crippen molar-refractivity contribution in [2.45, 2.75) is 87.9 Å². The summed E-state index contributed by atoms with van der Waals surface area (Å²) in [5.41, 5.74) is -0.836. The third-order valence-corrected chi connectivity index (χ3v) is 8.85. The van der Waals surface area contributed by atoms with Gasteiger partial charge in [0.1, 0.15) is 5.60 Å². The van der Waals surface area contributed by atoms with Crippen molar-refractivity contribution < 1.29 is 32.2 Å². The number of halogens is 3. The Balaban J connectivity index is 1.53. The van der Waals surface area contributed by atoms with Gasteiger partial charge >= 0.3 is 12.3 Å². The molecule has 2 saturated heterocycles. The van der Waals surface area contributed by atoms with Gasteiger partial charge in [-0.15, -0.1) is 11.8 Å². The summed E-state index contributed by atoms with van der Waals surface area (Å²) >= 11 is 1.42. The Hall–Kier alpha value is -2.99. The fourth-order valence-corrected chi connectivity index (χ4v) is 6.41. The largest absolute Gasteiger partial charge is 0.444 e. The number of aromatic nitrogens is 1. The molecule has 0 bridgehead atoms.